The van der Waals surface area contributed by atoms with E-state index in [0.717, 1.165) is 10.8 Å². The minimum Gasteiger partial charge on any atom is -0.492 e. The zero-order chi connectivity index (χ0) is 15.9. The Morgan fingerprint density at radius 1 is 1.33 bits per heavy atom. The molecular weight excluding hydrogens is 288 g/mol. The molecule has 0 heterocycles. The molecule has 0 aromatic heterocycles. The van der Waals surface area contributed by atoms with Gasteiger partial charge in [0.05, 0.1) is 11.4 Å². The smallest absolute Gasteiger partial charge is 0.243 e. The minimum atomic E-state index is -3.53. The summed E-state index contributed by atoms with van der Waals surface area (Å²) in [5, 5.41) is 3.23. The van der Waals surface area contributed by atoms with Crippen LogP contribution in [0, 0.1) is 12.3 Å². The topological polar surface area (TPSA) is 58.6 Å². The summed E-state index contributed by atoms with van der Waals surface area (Å²) in [6.07, 6.45) is 5.14. The Bertz CT molecular complexity index is 574. The van der Waals surface area contributed by atoms with Gasteiger partial charge in [-0.1, -0.05) is 19.8 Å². The summed E-state index contributed by atoms with van der Waals surface area (Å²) in [5.74, 6) is 2.95. The summed E-state index contributed by atoms with van der Waals surface area (Å²) in [6, 6.07) is 6.74. The standard InChI is InChI=1S/C15H22N2O3S/c1-5-11-17(4)21(18,19)15-8-6-14(7-9-15)20-12-10-16-13(2)3/h1,6-9,13,16H,10-12H2,2-4H3. The van der Waals surface area contributed by atoms with Crippen LogP contribution in [0.5, 0.6) is 5.75 Å². The number of terminal acetylenes is 1. The van der Waals surface area contributed by atoms with Crippen LogP contribution in [0.2, 0.25) is 0 Å². The van der Waals surface area contributed by atoms with E-state index in [1.54, 1.807) is 12.1 Å². The van der Waals surface area contributed by atoms with Gasteiger partial charge in [-0.25, -0.2) is 8.42 Å². The van der Waals surface area contributed by atoms with Gasteiger partial charge in [0.15, 0.2) is 0 Å². The van der Waals surface area contributed by atoms with E-state index in [1.165, 1.54) is 19.2 Å². The van der Waals surface area contributed by atoms with Crippen LogP contribution in [-0.4, -0.2) is 45.5 Å². The number of sulfonamides is 1. The SMILES string of the molecule is C#CCN(C)S(=O)(=O)c1ccc(OCCNC(C)C)cc1. The molecule has 1 N–H and O–H groups in total. The lowest BCUT2D eigenvalue weighted by molar-refractivity contribution is 0.308. The normalized spacial score (nSPS) is 11.6. The molecule has 0 amide bonds. The van der Waals surface area contributed by atoms with E-state index in [-0.39, 0.29) is 11.4 Å². The maximum absolute atomic E-state index is 12.1. The fraction of sp³-hybridized carbons (Fsp3) is 0.467. The first kappa shape index (κ1) is 17.5. The molecular formula is C15H22N2O3S. The number of benzene rings is 1. The first-order valence-corrected chi connectivity index (χ1v) is 8.18. The Hall–Kier alpha value is -1.55. The summed E-state index contributed by atoms with van der Waals surface area (Å²) >= 11 is 0. The Balaban J connectivity index is 2.64. The Labute approximate surface area is 127 Å². The van der Waals surface area contributed by atoms with Crippen molar-refractivity contribution in [1.82, 2.24) is 9.62 Å². The van der Waals surface area contributed by atoms with Crippen LogP contribution >= 0.6 is 0 Å². The van der Waals surface area contributed by atoms with Gasteiger partial charge < -0.3 is 10.1 Å². The largest absolute Gasteiger partial charge is 0.492 e. The quantitative estimate of drug-likeness (QED) is 0.581. The van der Waals surface area contributed by atoms with E-state index in [4.69, 9.17) is 11.2 Å². The van der Waals surface area contributed by atoms with E-state index in [9.17, 15) is 8.42 Å². The molecule has 1 rings (SSSR count). The predicted octanol–water partition coefficient (Wildman–Crippen LogP) is 1.32. The van der Waals surface area contributed by atoms with E-state index in [1.807, 2.05) is 0 Å². The molecule has 0 spiro atoms. The molecule has 0 aliphatic heterocycles. The van der Waals surface area contributed by atoms with E-state index >= 15 is 0 Å². The van der Waals surface area contributed by atoms with Gasteiger partial charge in [0.1, 0.15) is 12.4 Å². The van der Waals surface area contributed by atoms with Gasteiger partial charge >= 0.3 is 0 Å². The summed E-state index contributed by atoms with van der Waals surface area (Å²) in [6.45, 7) is 5.43. The van der Waals surface area contributed by atoms with Crippen molar-refractivity contribution in [2.75, 3.05) is 26.7 Å². The maximum Gasteiger partial charge on any atom is 0.243 e. The lowest BCUT2D eigenvalue weighted by Gasteiger charge is -2.14. The second-order valence-corrected chi connectivity index (χ2v) is 6.94. The van der Waals surface area contributed by atoms with Gasteiger partial charge in [-0.15, -0.1) is 6.42 Å². The first-order valence-electron chi connectivity index (χ1n) is 6.74. The van der Waals surface area contributed by atoms with Gasteiger partial charge in [0, 0.05) is 19.6 Å². The monoisotopic (exact) mass is 310 g/mol. The van der Waals surface area contributed by atoms with Crippen LogP contribution in [0.15, 0.2) is 29.2 Å². The van der Waals surface area contributed by atoms with Gasteiger partial charge in [0.2, 0.25) is 10.0 Å². The molecule has 0 radical (unpaired) electrons. The Morgan fingerprint density at radius 3 is 2.48 bits per heavy atom. The molecule has 0 saturated heterocycles. The third kappa shape index (κ3) is 5.38. The second kappa shape index (κ2) is 8.03. The highest BCUT2D eigenvalue weighted by molar-refractivity contribution is 7.89. The van der Waals surface area contributed by atoms with Crippen LogP contribution in [0.4, 0.5) is 0 Å². The van der Waals surface area contributed by atoms with Crippen molar-refractivity contribution < 1.29 is 13.2 Å². The Kier molecular flexibility index (Phi) is 6.69. The summed E-state index contributed by atoms with van der Waals surface area (Å²) in [5.41, 5.74) is 0. The molecule has 21 heavy (non-hydrogen) atoms. The molecule has 6 heteroatoms. The predicted molar refractivity (Wildman–Crippen MR) is 83.7 cm³/mol. The molecule has 1 aromatic carbocycles. The van der Waals surface area contributed by atoms with E-state index in [2.05, 4.69) is 25.1 Å². The summed E-state index contributed by atoms with van der Waals surface area (Å²) in [7, 11) is -2.08. The molecule has 0 unspecified atom stereocenters. The number of hydrogen-bond acceptors (Lipinski definition) is 4. The van der Waals surface area contributed by atoms with Crippen LogP contribution in [0.25, 0.3) is 0 Å². The number of nitrogens with zero attached hydrogens (tertiary/aromatic N) is 1. The molecule has 1 aromatic rings. The Morgan fingerprint density at radius 2 is 1.95 bits per heavy atom. The molecule has 0 bridgehead atoms. The van der Waals surface area contributed by atoms with Gasteiger partial charge in [-0.2, -0.15) is 4.31 Å². The highest BCUT2D eigenvalue weighted by atomic mass is 32.2. The summed E-state index contributed by atoms with van der Waals surface area (Å²) < 4.78 is 31.0. The average molecular weight is 310 g/mol. The molecule has 116 valence electrons. The van der Waals surface area contributed by atoms with Crippen LogP contribution < -0.4 is 10.1 Å². The van der Waals surface area contributed by atoms with Crippen molar-refractivity contribution in [3.05, 3.63) is 24.3 Å². The molecule has 0 fully saturated rings. The van der Waals surface area contributed by atoms with Crippen molar-refractivity contribution >= 4 is 10.0 Å². The zero-order valence-electron chi connectivity index (χ0n) is 12.7. The third-order valence-corrected chi connectivity index (χ3v) is 4.59. The number of hydrogen-bond donors (Lipinski definition) is 1. The fourth-order valence-corrected chi connectivity index (χ4v) is 2.70. The molecule has 0 atom stereocenters. The number of rotatable bonds is 8. The van der Waals surface area contributed by atoms with Gasteiger partial charge in [-0.05, 0) is 24.3 Å². The summed E-state index contributed by atoms with van der Waals surface area (Å²) in [4.78, 5) is 0.202. The minimum absolute atomic E-state index is 0.0431. The number of nitrogens with one attached hydrogen (secondary N) is 1. The maximum atomic E-state index is 12.1. The van der Waals surface area contributed by atoms with Crippen LogP contribution in [0.1, 0.15) is 13.8 Å². The molecule has 5 nitrogen and oxygen atoms in total. The highest BCUT2D eigenvalue weighted by Gasteiger charge is 2.19. The van der Waals surface area contributed by atoms with Crippen molar-refractivity contribution in [1.29, 1.82) is 0 Å². The highest BCUT2D eigenvalue weighted by Crippen LogP contribution is 2.18. The van der Waals surface area contributed by atoms with Crippen molar-refractivity contribution in [3.63, 3.8) is 0 Å². The van der Waals surface area contributed by atoms with Crippen molar-refractivity contribution in [2.24, 2.45) is 0 Å². The van der Waals surface area contributed by atoms with Crippen molar-refractivity contribution in [3.8, 4) is 18.1 Å². The van der Waals surface area contributed by atoms with E-state index < -0.39 is 10.0 Å². The molecule has 0 saturated carbocycles. The van der Waals surface area contributed by atoms with Crippen LogP contribution in [-0.2, 0) is 10.0 Å². The second-order valence-electron chi connectivity index (χ2n) is 4.89. The third-order valence-electron chi connectivity index (χ3n) is 2.77. The van der Waals surface area contributed by atoms with Gasteiger partial charge in [-0.3, -0.25) is 0 Å². The number of ether oxygens (including phenoxy) is 1. The molecule has 0 aliphatic carbocycles. The molecule has 0 aliphatic rings. The lowest BCUT2D eigenvalue weighted by atomic mass is 10.3. The van der Waals surface area contributed by atoms with Crippen molar-refractivity contribution in [2.45, 2.75) is 24.8 Å². The van der Waals surface area contributed by atoms with E-state index in [0.29, 0.717) is 18.4 Å². The lowest BCUT2D eigenvalue weighted by Crippen LogP contribution is -2.27. The average Bonchev–Trinajstić information content (AvgIpc) is 2.44. The van der Waals surface area contributed by atoms with Gasteiger partial charge in [0.25, 0.3) is 0 Å². The zero-order valence-corrected chi connectivity index (χ0v) is 13.5. The first-order chi connectivity index (χ1) is 9.87. The fourth-order valence-electron chi connectivity index (χ4n) is 1.62. The van der Waals surface area contributed by atoms with Crippen LogP contribution in [0.3, 0.4) is 0 Å².